The molecule has 25 heavy (non-hydrogen) atoms. The van der Waals surface area contributed by atoms with Gasteiger partial charge in [-0.25, -0.2) is 4.79 Å². The molecule has 128 valence electrons. The molecule has 3 aromatic rings. The first-order chi connectivity index (χ1) is 12.2. The molecule has 1 aliphatic heterocycles. The number of rotatable bonds is 0. The first kappa shape index (κ1) is 15.4. The van der Waals surface area contributed by atoms with E-state index < -0.39 is 0 Å². The van der Waals surface area contributed by atoms with Gasteiger partial charge in [-0.2, -0.15) is 9.97 Å². The number of nitrogens with two attached hydrogens (primary N) is 1. The molecular weight excluding hydrogens is 320 g/mol. The van der Waals surface area contributed by atoms with Crippen molar-refractivity contribution in [1.82, 2.24) is 24.5 Å². The Hall–Kier alpha value is -3.16. The topological polar surface area (TPSA) is 112 Å². The molecule has 0 aliphatic carbocycles. The van der Waals surface area contributed by atoms with Gasteiger partial charge in [-0.05, 0) is 30.9 Å². The van der Waals surface area contributed by atoms with E-state index in [2.05, 4.69) is 26.0 Å². The smallest absolute Gasteiger partial charge is 0.328 e. The van der Waals surface area contributed by atoms with Crippen LogP contribution in [0.5, 0.6) is 6.01 Å². The standard InChI is InChI=1S/C17H18N6O2/c18-14-13-15-22-16(21-14)25-9-4-2-1-3-6-11-7-5-8-19-12(11)10-23(15)17(24)20-13/h3,5-8H,1-2,4,9-10H2,(H,20,24)(H2,18,21,22). The maximum Gasteiger partial charge on any atom is 0.328 e. The summed E-state index contributed by atoms with van der Waals surface area (Å²) in [5.74, 6) is 0.198. The molecule has 0 saturated carbocycles. The van der Waals surface area contributed by atoms with Crippen molar-refractivity contribution in [3.63, 3.8) is 0 Å². The lowest BCUT2D eigenvalue weighted by Gasteiger charge is -2.09. The molecular formula is C17H18N6O2. The fourth-order valence-electron chi connectivity index (χ4n) is 2.86. The van der Waals surface area contributed by atoms with E-state index in [0.717, 1.165) is 30.5 Å². The number of pyridine rings is 1. The lowest BCUT2D eigenvalue weighted by molar-refractivity contribution is 0.285. The molecule has 0 spiro atoms. The second-order valence-electron chi connectivity index (χ2n) is 5.89. The van der Waals surface area contributed by atoms with Crippen LogP contribution >= 0.6 is 0 Å². The summed E-state index contributed by atoms with van der Waals surface area (Å²) in [5.41, 5.74) is 8.27. The van der Waals surface area contributed by atoms with Crippen molar-refractivity contribution in [1.29, 1.82) is 0 Å². The molecule has 0 aromatic carbocycles. The number of H-pyrrole nitrogens is 1. The van der Waals surface area contributed by atoms with Gasteiger partial charge in [-0.3, -0.25) is 9.55 Å². The maximum atomic E-state index is 12.4. The number of imidazole rings is 1. The number of nitrogens with one attached hydrogen (secondary N) is 1. The number of aromatic nitrogens is 5. The number of ether oxygens (including phenoxy) is 1. The molecule has 0 fully saturated rings. The molecule has 0 amide bonds. The van der Waals surface area contributed by atoms with E-state index in [-0.39, 0.29) is 24.1 Å². The Bertz CT molecular complexity index is 1000. The molecule has 0 unspecified atom stereocenters. The van der Waals surface area contributed by atoms with Crippen molar-refractivity contribution in [3.05, 3.63) is 46.1 Å². The van der Waals surface area contributed by atoms with E-state index in [1.807, 2.05) is 18.2 Å². The van der Waals surface area contributed by atoms with Crippen LogP contribution in [0.25, 0.3) is 17.2 Å². The minimum absolute atomic E-state index is 0.187. The number of nitrogen functional groups attached to an aromatic ring is 1. The minimum Gasteiger partial charge on any atom is -0.463 e. The van der Waals surface area contributed by atoms with Crippen molar-refractivity contribution in [2.24, 2.45) is 0 Å². The van der Waals surface area contributed by atoms with Crippen LogP contribution < -0.4 is 16.2 Å². The maximum absolute atomic E-state index is 12.4. The normalized spacial score (nSPS) is 14.9. The number of hydrogen-bond acceptors (Lipinski definition) is 6. The Kier molecular flexibility index (Phi) is 3.93. The molecule has 1 aliphatic rings. The summed E-state index contributed by atoms with van der Waals surface area (Å²) in [7, 11) is 0. The van der Waals surface area contributed by atoms with Crippen LogP contribution in [0.1, 0.15) is 30.5 Å². The highest BCUT2D eigenvalue weighted by Crippen LogP contribution is 2.20. The van der Waals surface area contributed by atoms with Gasteiger partial charge >= 0.3 is 11.7 Å². The molecule has 0 atom stereocenters. The second kappa shape index (κ2) is 6.39. The van der Waals surface area contributed by atoms with Crippen LogP contribution in [0.3, 0.4) is 0 Å². The summed E-state index contributed by atoms with van der Waals surface area (Å²) < 4.78 is 7.11. The van der Waals surface area contributed by atoms with E-state index in [4.69, 9.17) is 10.5 Å². The van der Waals surface area contributed by atoms with Gasteiger partial charge in [0.25, 0.3) is 0 Å². The van der Waals surface area contributed by atoms with Crippen LogP contribution in [0.2, 0.25) is 0 Å². The predicted molar refractivity (Wildman–Crippen MR) is 94.3 cm³/mol. The van der Waals surface area contributed by atoms with Gasteiger partial charge in [0.15, 0.2) is 11.5 Å². The molecule has 3 aromatic heterocycles. The summed E-state index contributed by atoms with van der Waals surface area (Å²) in [6.07, 6.45) is 8.70. The molecule has 4 rings (SSSR count). The van der Waals surface area contributed by atoms with Gasteiger partial charge < -0.3 is 15.5 Å². The summed E-state index contributed by atoms with van der Waals surface area (Å²) in [5, 5.41) is 0. The van der Waals surface area contributed by atoms with E-state index in [1.165, 1.54) is 4.57 Å². The van der Waals surface area contributed by atoms with E-state index in [1.54, 1.807) is 6.20 Å². The quantitative estimate of drug-likeness (QED) is 0.645. The zero-order valence-electron chi connectivity index (χ0n) is 13.6. The summed E-state index contributed by atoms with van der Waals surface area (Å²) >= 11 is 0. The Morgan fingerprint density at radius 3 is 3.12 bits per heavy atom. The molecule has 4 heterocycles. The van der Waals surface area contributed by atoms with E-state index in [9.17, 15) is 4.79 Å². The molecule has 3 N–H and O–H groups in total. The van der Waals surface area contributed by atoms with Gasteiger partial charge in [0.2, 0.25) is 0 Å². The largest absolute Gasteiger partial charge is 0.463 e. The number of hydrogen-bond donors (Lipinski definition) is 2. The Labute approximate surface area is 143 Å². The van der Waals surface area contributed by atoms with Crippen molar-refractivity contribution in [2.75, 3.05) is 12.3 Å². The van der Waals surface area contributed by atoms with E-state index in [0.29, 0.717) is 17.8 Å². The number of fused-ring (bicyclic) bond motifs is 2. The predicted octanol–water partition coefficient (Wildman–Crippen LogP) is 1.72. The highest BCUT2D eigenvalue weighted by molar-refractivity contribution is 5.82. The van der Waals surface area contributed by atoms with Crippen LogP contribution in [0, 0.1) is 0 Å². The SMILES string of the molecule is Nc1nc2nc3c1[nH]c(=O)n3Cc1ncccc1C=CCCCCO2. The molecule has 0 radical (unpaired) electrons. The number of nitrogens with zero attached hydrogens (tertiary/aromatic N) is 4. The molecule has 2 bridgehead atoms. The van der Waals surface area contributed by atoms with E-state index >= 15 is 0 Å². The number of allylic oxidation sites excluding steroid dienone is 1. The van der Waals surface area contributed by atoms with Crippen LogP contribution in [-0.4, -0.2) is 31.1 Å². The van der Waals surface area contributed by atoms with Crippen molar-refractivity contribution >= 4 is 23.1 Å². The third-order valence-electron chi connectivity index (χ3n) is 4.16. The number of anilines is 1. The average Bonchev–Trinajstić information content (AvgIpc) is 2.92. The van der Waals surface area contributed by atoms with Crippen molar-refractivity contribution < 1.29 is 4.74 Å². The van der Waals surface area contributed by atoms with Gasteiger partial charge in [-0.1, -0.05) is 18.2 Å². The summed E-state index contributed by atoms with van der Waals surface area (Å²) in [4.78, 5) is 28.0. The molecule has 8 nitrogen and oxygen atoms in total. The lowest BCUT2D eigenvalue weighted by atomic mass is 10.1. The van der Waals surface area contributed by atoms with Crippen LogP contribution in [0.4, 0.5) is 5.82 Å². The first-order valence-electron chi connectivity index (χ1n) is 8.21. The highest BCUT2D eigenvalue weighted by Gasteiger charge is 2.16. The third-order valence-corrected chi connectivity index (χ3v) is 4.16. The Morgan fingerprint density at radius 1 is 1.28 bits per heavy atom. The highest BCUT2D eigenvalue weighted by atomic mass is 16.5. The van der Waals surface area contributed by atoms with Gasteiger partial charge in [0, 0.05) is 6.20 Å². The fraction of sp³-hybridized carbons (Fsp3) is 0.294. The molecule has 0 saturated heterocycles. The first-order valence-corrected chi connectivity index (χ1v) is 8.21. The fourth-order valence-corrected chi connectivity index (χ4v) is 2.86. The van der Waals surface area contributed by atoms with Gasteiger partial charge in [-0.15, -0.1) is 0 Å². The average molecular weight is 338 g/mol. The lowest BCUT2D eigenvalue weighted by Crippen LogP contribution is -2.19. The monoisotopic (exact) mass is 338 g/mol. The van der Waals surface area contributed by atoms with Crippen molar-refractivity contribution in [3.8, 4) is 6.01 Å². The summed E-state index contributed by atoms with van der Waals surface area (Å²) in [6, 6.07) is 4.06. The zero-order valence-corrected chi connectivity index (χ0v) is 13.6. The Balaban J connectivity index is 1.89. The van der Waals surface area contributed by atoms with Crippen LogP contribution in [0.15, 0.2) is 29.2 Å². The van der Waals surface area contributed by atoms with Gasteiger partial charge in [0.05, 0.1) is 18.8 Å². The second-order valence-corrected chi connectivity index (χ2v) is 5.89. The number of aromatic amines is 1. The van der Waals surface area contributed by atoms with Crippen LogP contribution in [-0.2, 0) is 6.54 Å². The Morgan fingerprint density at radius 2 is 2.20 bits per heavy atom. The van der Waals surface area contributed by atoms with Crippen molar-refractivity contribution in [2.45, 2.75) is 25.8 Å². The summed E-state index contributed by atoms with van der Waals surface area (Å²) in [6.45, 7) is 0.792. The minimum atomic E-state index is -0.305. The zero-order chi connectivity index (χ0) is 17.2. The van der Waals surface area contributed by atoms with Gasteiger partial charge in [0.1, 0.15) is 5.52 Å². The third kappa shape index (κ3) is 2.98. The molecule has 8 heteroatoms.